The van der Waals surface area contributed by atoms with Gasteiger partial charge >= 0.3 is 0 Å². The van der Waals surface area contributed by atoms with E-state index in [1.165, 1.54) is 39.0 Å². The van der Waals surface area contributed by atoms with Crippen LogP contribution >= 0.6 is 34.7 Å². The number of benzene rings is 1. The lowest BCUT2D eigenvalue weighted by Crippen LogP contribution is -2.35. The molecule has 2 aliphatic heterocycles. The molecule has 0 spiro atoms. The lowest BCUT2D eigenvalue weighted by atomic mass is 10.3. The average molecular weight is 511 g/mol. The summed E-state index contributed by atoms with van der Waals surface area (Å²) in [5.41, 5.74) is 1.88. The van der Waals surface area contributed by atoms with Crippen molar-refractivity contribution in [3.05, 3.63) is 46.1 Å². The van der Waals surface area contributed by atoms with Crippen molar-refractivity contribution in [2.24, 2.45) is 0 Å². The minimum absolute atomic E-state index is 0.0931. The molecule has 2 aromatic rings. The van der Waals surface area contributed by atoms with Gasteiger partial charge in [-0.25, -0.2) is 0 Å². The number of ether oxygens (including phenoxy) is 1. The largest absolute Gasteiger partial charge is 0.439 e. The molecule has 162 valence electrons. The number of fused-ring (bicyclic) bond motifs is 2. The van der Waals surface area contributed by atoms with E-state index >= 15 is 0 Å². The van der Waals surface area contributed by atoms with Gasteiger partial charge in [0.25, 0.3) is 20.2 Å². The molecule has 1 atom stereocenters. The van der Waals surface area contributed by atoms with Crippen LogP contribution in [0.3, 0.4) is 0 Å². The van der Waals surface area contributed by atoms with Gasteiger partial charge in [0, 0.05) is 11.1 Å². The van der Waals surface area contributed by atoms with Crippen LogP contribution in [0, 0.1) is 6.92 Å². The Balaban J connectivity index is 1.75. The molecule has 0 amide bonds. The fourth-order valence-electron chi connectivity index (χ4n) is 3.20. The van der Waals surface area contributed by atoms with E-state index in [9.17, 15) is 25.9 Å². The number of hydrogen-bond acceptors (Lipinski definition) is 9. The van der Waals surface area contributed by atoms with Crippen molar-refractivity contribution >= 4 is 66.3 Å². The zero-order valence-corrected chi connectivity index (χ0v) is 19.2. The standard InChI is InChI=1S/C16H15ClN2O7S4/c1-9-6-27-16-15(9)19(8-30(23,24)25)14(28-16)5-13-18(7-29(20,21)22)11-4-10(17)2-3-12(11)26-13/h2-6,14H,7-8H2,1H3,(H,20,21,22)(H,23,24,25). The summed E-state index contributed by atoms with van der Waals surface area (Å²) < 4.78 is 71.8. The van der Waals surface area contributed by atoms with E-state index < -0.39 is 37.4 Å². The Morgan fingerprint density at radius 3 is 2.57 bits per heavy atom. The fraction of sp³-hybridized carbons (Fsp3) is 0.250. The molecule has 1 aromatic carbocycles. The Hall–Kier alpha value is -1.48. The van der Waals surface area contributed by atoms with E-state index in [0.29, 0.717) is 22.1 Å². The quantitative estimate of drug-likeness (QED) is 0.578. The Labute approximate surface area is 186 Å². The topological polar surface area (TPSA) is 124 Å². The summed E-state index contributed by atoms with van der Waals surface area (Å²) in [5, 5.41) is 1.63. The molecule has 9 nitrogen and oxygen atoms in total. The highest BCUT2D eigenvalue weighted by atomic mass is 35.5. The second kappa shape index (κ2) is 7.58. The van der Waals surface area contributed by atoms with E-state index in [0.717, 1.165) is 9.77 Å². The minimum Gasteiger partial charge on any atom is -0.439 e. The zero-order valence-electron chi connectivity index (χ0n) is 15.2. The van der Waals surface area contributed by atoms with Crippen LogP contribution in [0.2, 0.25) is 5.02 Å². The highest BCUT2D eigenvalue weighted by molar-refractivity contribution is 8.02. The van der Waals surface area contributed by atoms with Crippen molar-refractivity contribution in [1.82, 2.24) is 0 Å². The summed E-state index contributed by atoms with van der Waals surface area (Å²) in [5.74, 6) is -0.987. The van der Waals surface area contributed by atoms with Crippen molar-refractivity contribution in [3.8, 4) is 5.75 Å². The molecule has 2 aliphatic rings. The first-order valence-electron chi connectivity index (χ1n) is 8.30. The number of anilines is 2. The van der Waals surface area contributed by atoms with E-state index in [-0.39, 0.29) is 5.88 Å². The molecular formula is C16H15ClN2O7S4. The monoisotopic (exact) mass is 510 g/mol. The third-order valence-electron chi connectivity index (χ3n) is 4.30. The first-order chi connectivity index (χ1) is 13.9. The third-order valence-corrected chi connectivity index (χ3v) is 8.22. The van der Waals surface area contributed by atoms with Gasteiger partial charge in [0.05, 0.1) is 15.6 Å². The van der Waals surface area contributed by atoms with Gasteiger partial charge < -0.3 is 9.64 Å². The number of halogens is 1. The highest BCUT2D eigenvalue weighted by Crippen LogP contribution is 2.51. The Morgan fingerprint density at radius 1 is 1.20 bits per heavy atom. The van der Waals surface area contributed by atoms with Crippen LogP contribution < -0.4 is 14.5 Å². The molecule has 4 rings (SSSR count). The van der Waals surface area contributed by atoms with Crippen molar-refractivity contribution in [1.29, 1.82) is 0 Å². The Morgan fingerprint density at radius 2 is 1.90 bits per heavy atom. The van der Waals surface area contributed by atoms with Crippen LogP contribution in [0.25, 0.3) is 0 Å². The molecule has 2 N–H and O–H groups in total. The van der Waals surface area contributed by atoms with Crippen LogP contribution in [0.15, 0.2) is 39.7 Å². The molecular weight excluding hydrogens is 496 g/mol. The lowest BCUT2D eigenvalue weighted by Gasteiger charge is -2.25. The SMILES string of the molecule is Cc1csc2c1N(CS(=O)(=O)O)C(C=C1Oc3ccc(Cl)cc3N1CS(=O)(=O)O)S2. The fourth-order valence-corrected chi connectivity index (χ4v) is 7.24. The van der Waals surface area contributed by atoms with Crippen LogP contribution in [0.4, 0.5) is 11.4 Å². The summed E-state index contributed by atoms with van der Waals surface area (Å²) in [4.78, 5) is 2.74. The predicted octanol–water partition coefficient (Wildman–Crippen LogP) is 3.38. The van der Waals surface area contributed by atoms with Crippen molar-refractivity contribution in [2.75, 3.05) is 21.6 Å². The van der Waals surface area contributed by atoms with Gasteiger partial charge in [0.2, 0.25) is 5.88 Å². The van der Waals surface area contributed by atoms with Gasteiger partial charge in [-0.15, -0.1) is 11.3 Å². The van der Waals surface area contributed by atoms with E-state index in [2.05, 4.69) is 0 Å². The van der Waals surface area contributed by atoms with Gasteiger partial charge in [-0.2, -0.15) is 16.8 Å². The molecule has 14 heteroatoms. The third kappa shape index (κ3) is 4.42. The molecule has 1 unspecified atom stereocenters. The molecule has 0 aliphatic carbocycles. The molecule has 0 bridgehead atoms. The van der Waals surface area contributed by atoms with E-state index in [4.69, 9.17) is 16.3 Å². The smallest absolute Gasteiger partial charge is 0.283 e. The number of nitrogens with zero attached hydrogens (tertiary/aromatic N) is 2. The van der Waals surface area contributed by atoms with E-state index in [1.807, 2.05) is 12.3 Å². The van der Waals surface area contributed by atoms with Crippen molar-refractivity contribution in [3.63, 3.8) is 0 Å². The lowest BCUT2D eigenvalue weighted by molar-refractivity contribution is 0.434. The molecule has 0 radical (unpaired) electrons. The molecule has 1 aromatic heterocycles. The van der Waals surface area contributed by atoms with Gasteiger partial charge in [0.15, 0.2) is 11.6 Å². The van der Waals surface area contributed by atoms with Gasteiger partial charge in [0.1, 0.15) is 11.3 Å². The Bertz CT molecular complexity index is 1260. The van der Waals surface area contributed by atoms with Crippen LogP contribution in [0.5, 0.6) is 5.75 Å². The zero-order chi connectivity index (χ0) is 21.8. The normalized spacial score (nSPS) is 19.9. The maximum absolute atomic E-state index is 11.6. The average Bonchev–Trinajstić information content (AvgIpc) is 3.22. The highest BCUT2D eigenvalue weighted by Gasteiger charge is 2.37. The molecule has 0 saturated carbocycles. The maximum atomic E-state index is 11.6. The van der Waals surface area contributed by atoms with Crippen molar-refractivity contribution in [2.45, 2.75) is 16.5 Å². The number of rotatable bonds is 5. The number of aryl methyl sites for hydroxylation is 1. The first-order valence-corrected chi connectivity index (χ1v) is 13.7. The van der Waals surface area contributed by atoms with Gasteiger partial charge in [-0.3, -0.25) is 14.0 Å². The number of thioether (sulfide) groups is 1. The minimum atomic E-state index is -4.41. The summed E-state index contributed by atoms with van der Waals surface area (Å²) in [6.45, 7) is 1.83. The molecule has 0 saturated heterocycles. The van der Waals surface area contributed by atoms with Gasteiger partial charge in [-0.05, 0) is 36.1 Å². The Kier molecular flexibility index (Phi) is 5.50. The number of hydrogen-bond donors (Lipinski definition) is 2. The molecule has 0 fully saturated rings. The summed E-state index contributed by atoms with van der Waals surface area (Å²) >= 11 is 8.80. The summed E-state index contributed by atoms with van der Waals surface area (Å²) in [7, 11) is -8.75. The predicted molar refractivity (Wildman–Crippen MR) is 117 cm³/mol. The van der Waals surface area contributed by atoms with E-state index in [1.54, 1.807) is 18.2 Å². The van der Waals surface area contributed by atoms with Crippen LogP contribution in [-0.2, 0) is 20.2 Å². The molecule has 30 heavy (non-hydrogen) atoms. The first kappa shape index (κ1) is 21.7. The second-order valence-corrected chi connectivity index (χ2v) is 12.1. The second-order valence-electron chi connectivity index (χ2n) is 6.60. The van der Waals surface area contributed by atoms with Gasteiger partial charge in [-0.1, -0.05) is 23.4 Å². The summed E-state index contributed by atoms with van der Waals surface area (Å²) in [6, 6.07) is 4.64. The van der Waals surface area contributed by atoms with Crippen LogP contribution in [0.1, 0.15) is 5.56 Å². The summed E-state index contributed by atoms with van der Waals surface area (Å²) in [6.07, 6.45) is 1.54. The number of thiophene rings is 1. The van der Waals surface area contributed by atoms with Crippen LogP contribution in [-0.4, -0.2) is 43.1 Å². The van der Waals surface area contributed by atoms with Crippen molar-refractivity contribution < 1.29 is 30.7 Å². The maximum Gasteiger partial charge on any atom is 0.283 e. The molecule has 3 heterocycles.